The molecule has 1 atom stereocenters. The van der Waals surface area contributed by atoms with Crippen LogP contribution in [0.25, 0.3) is 27.9 Å². The number of aromatic amines is 1. The quantitative estimate of drug-likeness (QED) is 0.450. The molecule has 6 rings (SSSR count). The van der Waals surface area contributed by atoms with E-state index in [9.17, 15) is 0 Å². The molecule has 2 saturated heterocycles. The molecule has 0 bridgehead atoms. The van der Waals surface area contributed by atoms with Gasteiger partial charge in [0.2, 0.25) is 0 Å². The van der Waals surface area contributed by atoms with Crippen LogP contribution in [-0.2, 0) is 4.74 Å². The van der Waals surface area contributed by atoms with Crippen molar-refractivity contribution < 1.29 is 4.74 Å². The maximum absolute atomic E-state index is 5.59. The Morgan fingerprint density at radius 3 is 2.64 bits per heavy atom. The van der Waals surface area contributed by atoms with E-state index in [1.54, 1.807) is 6.33 Å². The molecule has 2 aliphatic rings. The van der Waals surface area contributed by atoms with E-state index < -0.39 is 0 Å². The van der Waals surface area contributed by atoms with Gasteiger partial charge in [-0.05, 0) is 62.8 Å². The third-order valence-electron chi connectivity index (χ3n) is 8.30. The number of aryl methyl sites for hydroxylation is 1. The topological polar surface area (TPSA) is 74.6 Å². The van der Waals surface area contributed by atoms with Crippen molar-refractivity contribution in [1.82, 2.24) is 29.5 Å². The number of aromatic nitrogens is 5. The second kappa shape index (κ2) is 9.16. The van der Waals surface area contributed by atoms with Crippen LogP contribution in [0.15, 0.2) is 24.7 Å². The Morgan fingerprint density at radius 1 is 1.08 bits per heavy atom. The number of nitrogens with one attached hydrogen (secondary N) is 1. The molecule has 0 aromatic carbocycles. The zero-order chi connectivity index (χ0) is 25.0. The Bertz CT molecular complexity index is 1400. The van der Waals surface area contributed by atoms with Gasteiger partial charge in [0.25, 0.3) is 0 Å². The summed E-state index contributed by atoms with van der Waals surface area (Å²) in [6, 6.07) is 5.48. The van der Waals surface area contributed by atoms with Crippen LogP contribution >= 0.6 is 0 Å². The number of ether oxygens (including phenoxy) is 1. The minimum Gasteiger partial charge on any atom is -0.381 e. The van der Waals surface area contributed by atoms with Gasteiger partial charge in [-0.3, -0.25) is 4.90 Å². The molecule has 4 aromatic heterocycles. The van der Waals surface area contributed by atoms with Crippen LogP contribution in [0, 0.1) is 13.8 Å². The lowest BCUT2D eigenvalue weighted by Gasteiger charge is -2.44. The standard InChI is InChI=1S/C28H37N7O/c1-17(2)25-26(22-15-35-28(29-16-30-35)20(5)19(22)4)31-23-6-7-24(32-27(23)25)34-11-10-33(14-18(34)3)21-8-12-36-13-9-21/h6-7,15-18,21,31H,8-14H2,1-5H3/t18-/m0/s1. The number of pyridine rings is 2. The predicted octanol–water partition coefficient (Wildman–Crippen LogP) is 4.70. The van der Waals surface area contributed by atoms with Crippen molar-refractivity contribution >= 4 is 22.5 Å². The molecule has 0 unspecified atom stereocenters. The van der Waals surface area contributed by atoms with Gasteiger partial charge in [0.1, 0.15) is 12.1 Å². The summed E-state index contributed by atoms with van der Waals surface area (Å²) in [5, 5.41) is 4.42. The van der Waals surface area contributed by atoms with Crippen LogP contribution in [0.5, 0.6) is 0 Å². The highest BCUT2D eigenvalue weighted by molar-refractivity contribution is 5.90. The number of piperazine rings is 1. The Labute approximate surface area is 212 Å². The fraction of sp³-hybridized carbons (Fsp3) is 0.536. The molecule has 8 nitrogen and oxygen atoms in total. The first-order chi connectivity index (χ1) is 17.4. The summed E-state index contributed by atoms with van der Waals surface area (Å²) in [6.07, 6.45) is 6.02. The highest BCUT2D eigenvalue weighted by atomic mass is 16.5. The minimum atomic E-state index is 0.324. The van der Waals surface area contributed by atoms with Gasteiger partial charge < -0.3 is 14.6 Å². The third-order valence-corrected chi connectivity index (χ3v) is 8.30. The first-order valence-corrected chi connectivity index (χ1v) is 13.3. The van der Waals surface area contributed by atoms with E-state index in [-0.39, 0.29) is 0 Å². The van der Waals surface area contributed by atoms with Crippen molar-refractivity contribution in [3.05, 3.63) is 41.3 Å². The maximum Gasteiger partial charge on any atom is 0.158 e. The third kappa shape index (κ3) is 3.87. The van der Waals surface area contributed by atoms with E-state index >= 15 is 0 Å². The molecule has 0 saturated carbocycles. The highest BCUT2D eigenvalue weighted by Gasteiger charge is 2.30. The maximum atomic E-state index is 5.59. The average Bonchev–Trinajstić information content (AvgIpc) is 3.51. The van der Waals surface area contributed by atoms with E-state index in [0.717, 1.165) is 85.0 Å². The number of hydrogen-bond acceptors (Lipinski definition) is 6. The molecule has 0 aliphatic carbocycles. The van der Waals surface area contributed by atoms with E-state index in [2.05, 4.69) is 77.8 Å². The molecular weight excluding hydrogens is 450 g/mol. The van der Waals surface area contributed by atoms with Gasteiger partial charge in [-0.1, -0.05) is 13.8 Å². The summed E-state index contributed by atoms with van der Waals surface area (Å²) in [7, 11) is 0. The van der Waals surface area contributed by atoms with Gasteiger partial charge in [-0.15, -0.1) is 0 Å². The lowest BCUT2D eigenvalue weighted by Crippen LogP contribution is -2.56. The fourth-order valence-corrected chi connectivity index (χ4v) is 6.17. The van der Waals surface area contributed by atoms with Crippen LogP contribution < -0.4 is 4.90 Å². The first kappa shape index (κ1) is 23.4. The van der Waals surface area contributed by atoms with Gasteiger partial charge in [-0.25, -0.2) is 14.5 Å². The monoisotopic (exact) mass is 487 g/mol. The van der Waals surface area contributed by atoms with Crippen molar-refractivity contribution in [2.45, 2.75) is 65.5 Å². The van der Waals surface area contributed by atoms with Crippen molar-refractivity contribution in [2.24, 2.45) is 0 Å². The predicted molar refractivity (Wildman–Crippen MR) is 144 cm³/mol. The molecule has 0 amide bonds. The molecule has 36 heavy (non-hydrogen) atoms. The van der Waals surface area contributed by atoms with Crippen LogP contribution in [0.4, 0.5) is 5.82 Å². The van der Waals surface area contributed by atoms with Crippen molar-refractivity contribution in [3.8, 4) is 11.3 Å². The van der Waals surface area contributed by atoms with Crippen molar-refractivity contribution in [1.29, 1.82) is 0 Å². The molecule has 1 N–H and O–H groups in total. The summed E-state index contributed by atoms with van der Waals surface area (Å²) < 4.78 is 7.47. The van der Waals surface area contributed by atoms with Gasteiger partial charge in [0.15, 0.2) is 5.65 Å². The Hall–Kier alpha value is -2.97. The molecule has 6 heterocycles. The molecule has 190 valence electrons. The van der Waals surface area contributed by atoms with E-state index in [0.29, 0.717) is 18.0 Å². The average molecular weight is 488 g/mol. The van der Waals surface area contributed by atoms with Crippen LogP contribution in [0.3, 0.4) is 0 Å². The largest absolute Gasteiger partial charge is 0.381 e. The number of anilines is 1. The summed E-state index contributed by atoms with van der Waals surface area (Å²) >= 11 is 0. The van der Waals surface area contributed by atoms with Gasteiger partial charge in [0, 0.05) is 62.3 Å². The minimum absolute atomic E-state index is 0.324. The van der Waals surface area contributed by atoms with Gasteiger partial charge >= 0.3 is 0 Å². The number of nitrogens with zero attached hydrogens (tertiary/aromatic N) is 6. The molecule has 2 aliphatic heterocycles. The zero-order valence-corrected chi connectivity index (χ0v) is 22.1. The molecule has 2 fully saturated rings. The smallest absolute Gasteiger partial charge is 0.158 e. The van der Waals surface area contributed by atoms with Crippen LogP contribution in [0.2, 0.25) is 0 Å². The number of rotatable bonds is 4. The summed E-state index contributed by atoms with van der Waals surface area (Å²) in [5.74, 6) is 1.40. The van der Waals surface area contributed by atoms with Crippen molar-refractivity contribution in [3.63, 3.8) is 0 Å². The Morgan fingerprint density at radius 2 is 1.89 bits per heavy atom. The van der Waals surface area contributed by atoms with Crippen LogP contribution in [0.1, 0.15) is 56.2 Å². The summed E-state index contributed by atoms with van der Waals surface area (Å²) in [6.45, 7) is 16.1. The van der Waals surface area contributed by atoms with E-state index in [4.69, 9.17) is 9.72 Å². The van der Waals surface area contributed by atoms with Crippen molar-refractivity contribution in [2.75, 3.05) is 37.7 Å². The molecule has 0 radical (unpaired) electrons. The number of hydrogen-bond donors (Lipinski definition) is 1. The molecular formula is C28H37N7O. The van der Waals surface area contributed by atoms with E-state index in [1.165, 1.54) is 11.1 Å². The Balaban J connectivity index is 1.36. The second-order valence-electron chi connectivity index (χ2n) is 10.8. The second-order valence-corrected chi connectivity index (χ2v) is 10.8. The zero-order valence-electron chi connectivity index (χ0n) is 22.1. The fourth-order valence-electron chi connectivity index (χ4n) is 6.17. The number of fused-ring (bicyclic) bond motifs is 2. The van der Waals surface area contributed by atoms with E-state index in [1.807, 2.05) is 4.52 Å². The normalized spacial score (nSPS) is 20.3. The first-order valence-electron chi connectivity index (χ1n) is 13.3. The summed E-state index contributed by atoms with van der Waals surface area (Å²) in [5.41, 5.74) is 9.02. The molecule has 8 heteroatoms. The lowest BCUT2D eigenvalue weighted by atomic mass is 9.95. The number of H-pyrrole nitrogens is 1. The summed E-state index contributed by atoms with van der Waals surface area (Å²) in [4.78, 5) is 18.6. The van der Waals surface area contributed by atoms with Crippen LogP contribution in [-0.4, -0.2) is 74.4 Å². The van der Waals surface area contributed by atoms with Gasteiger partial charge in [-0.2, -0.15) is 5.10 Å². The Kier molecular flexibility index (Phi) is 5.96. The van der Waals surface area contributed by atoms with Gasteiger partial charge in [0.05, 0.1) is 16.7 Å². The molecule has 0 spiro atoms. The highest BCUT2D eigenvalue weighted by Crippen LogP contribution is 2.38. The molecule has 4 aromatic rings. The lowest BCUT2D eigenvalue weighted by molar-refractivity contribution is 0.0279. The SMILES string of the molecule is Cc1c(-c2[nH]c3ccc(N4CCN(C5CCOCC5)C[C@@H]4C)nc3c2C(C)C)cn2ncnc2c1C.